The van der Waals surface area contributed by atoms with Gasteiger partial charge >= 0.3 is 12.1 Å². The van der Waals surface area contributed by atoms with Crippen LogP contribution in [0.2, 0.25) is 0 Å². The van der Waals surface area contributed by atoms with Crippen molar-refractivity contribution in [2.75, 3.05) is 26.2 Å². The van der Waals surface area contributed by atoms with Crippen molar-refractivity contribution in [3.8, 4) is 11.1 Å². The smallest absolute Gasteiger partial charge is 0.410 e. The summed E-state index contributed by atoms with van der Waals surface area (Å²) in [6, 6.07) is 15.9. The van der Waals surface area contributed by atoms with E-state index in [9.17, 15) is 19.5 Å². The summed E-state index contributed by atoms with van der Waals surface area (Å²) >= 11 is 0. The number of nitrogens with zero attached hydrogens (tertiary/aromatic N) is 2. The summed E-state index contributed by atoms with van der Waals surface area (Å²) in [5.41, 5.74) is 4.66. The number of aliphatic carboxylic acids is 1. The zero-order valence-electron chi connectivity index (χ0n) is 18.5. The van der Waals surface area contributed by atoms with E-state index in [2.05, 4.69) is 24.3 Å². The highest BCUT2D eigenvalue weighted by Gasteiger charge is 2.39. The van der Waals surface area contributed by atoms with Gasteiger partial charge in [0.15, 0.2) is 0 Å². The van der Waals surface area contributed by atoms with Crippen LogP contribution in [0.1, 0.15) is 42.7 Å². The molecule has 2 aromatic carbocycles. The number of likely N-dealkylation sites (tertiary alicyclic amines) is 2. The minimum absolute atomic E-state index is 0.0202. The van der Waals surface area contributed by atoms with Gasteiger partial charge in [-0.05, 0) is 47.9 Å². The van der Waals surface area contributed by atoms with E-state index in [-0.39, 0.29) is 18.4 Å². The van der Waals surface area contributed by atoms with Crippen molar-refractivity contribution in [3.05, 3.63) is 59.7 Å². The number of piperidine rings is 1. The first-order chi connectivity index (χ1) is 16.0. The van der Waals surface area contributed by atoms with E-state index in [4.69, 9.17) is 4.74 Å². The summed E-state index contributed by atoms with van der Waals surface area (Å²) in [5.74, 6) is -1.31. The van der Waals surface area contributed by atoms with Crippen molar-refractivity contribution in [3.63, 3.8) is 0 Å². The predicted molar refractivity (Wildman–Crippen MR) is 122 cm³/mol. The van der Waals surface area contributed by atoms with Gasteiger partial charge in [0.2, 0.25) is 5.91 Å². The van der Waals surface area contributed by atoms with Crippen LogP contribution >= 0.6 is 0 Å². The van der Waals surface area contributed by atoms with Crippen LogP contribution in [-0.4, -0.2) is 65.2 Å². The van der Waals surface area contributed by atoms with E-state index >= 15 is 0 Å². The summed E-state index contributed by atoms with van der Waals surface area (Å²) in [5, 5.41) is 9.19. The van der Waals surface area contributed by atoms with E-state index in [1.165, 1.54) is 11.1 Å². The first kappa shape index (κ1) is 21.5. The van der Waals surface area contributed by atoms with Crippen LogP contribution in [0.3, 0.4) is 0 Å². The molecule has 0 saturated carbocycles. The molecule has 1 unspecified atom stereocenters. The second kappa shape index (κ2) is 8.89. The first-order valence-corrected chi connectivity index (χ1v) is 11.7. The van der Waals surface area contributed by atoms with Gasteiger partial charge in [-0.2, -0.15) is 0 Å². The van der Waals surface area contributed by atoms with Crippen molar-refractivity contribution in [1.82, 2.24) is 9.80 Å². The minimum atomic E-state index is -0.803. The second-order valence-corrected chi connectivity index (χ2v) is 9.09. The fourth-order valence-corrected chi connectivity index (χ4v) is 5.48. The number of amides is 2. The Morgan fingerprint density at radius 2 is 1.48 bits per heavy atom. The van der Waals surface area contributed by atoms with Crippen LogP contribution in [0.25, 0.3) is 11.1 Å². The van der Waals surface area contributed by atoms with Gasteiger partial charge in [-0.25, -0.2) is 4.79 Å². The molecule has 172 valence electrons. The number of carbonyl (C=O) groups is 3. The molecule has 2 heterocycles. The molecule has 2 fully saturated rings. The predicted octanol–water partition coefficient (Wildman–Crippen LogP) is 3.72. The molecular formula is C26H28N2O5. The highest BCUT2D eigenvalue weighted by Crippen LogP contribution is 2.44. The lowest BCUT2D eigenvalue weighted by Crippen LogP contribution is -2.50. The van der Waals surface area contributed by atoms with E-state index in [0.717, 1.165) is 17.5 Å². The Kier molecular flexibility index (Phi) is 5.79. The Morgan fingerprint density at radius 3 is 2.09 bits per heavy atom. The third kappa shape index (κ3) is 3.96. The largest absolute Gasteiger partial charge is 0.481 e. The Labute approximate surface area is 192 Å². The summed E-state index contributed by atoms with van der Waals surface area (Å²) in [4.78, 5) is 40.6. The van der Waals surface area contributed by atoms with Gasteiger partial charge in [0, 0.05) is 25.6 Å². The van der Waals surface area contributed by atoms with Gasteiger partial charge in [0.05, 0.1) is 5.92 Å². The highest BCUT2D eigenvalue weighted by molar-refractivity contribution is 5.86. The molecule has 0 spiro atoms. The second-order valence-electron chi connectivity index (χ2n) is 9.09. The quantitative estimate of drug-likeness (QED) is 0.770. The molecule has 2 saturated heterocycles. The Bertz CT molecular complexity index is 1030. The third-order valence-corrected chi connectivity index (χ3v) is 7.26. The molecule has 2 aliphatic heterocycles. The Balaban J connectivity index is 1.24. The Hall–Kier alpha value is -3.35. The van der Waals surface area contributed by atoms with Crippen LogP contribution in [0.15, 0.2) is 48.5 Å². The van der Waals surface area contributed by atoms with E-state index in [1.807, 2.05) is 24.3 Å². The number of hydrogen-bond donors (Lipinski definition) is 1. The highest BCUT2D eigenvalue weighted by atomic mass is 16.6. The van der Waals surface area contributed by atoms with Gasteiger partial charge < -0.3 is 14.7 Å². The average molecular weight is 449 g/mol. The lowest BCUT2D eigenvalue weighted by molar-refractivity contribution is -0.146. The van der Waals surface area contributed by atoms with Gasteiger partial charge in [0.1, 0.15) is 12.6 Å². The molecule has 2 amide bonds. The van der Waals surface area contributed by atoms with E-state index < -0.39 is 24.0 Å². The fourth-order valence-electron chi connectivity index (χ4n) is 5.48. The number of hydrogen-bond acceptors (Lipinski definition) is 4. The van der Waals surface area contributed by atoms with Gasteiger partial charge in [-0.15, -0.1) is 0 Å². The maximum atomic E-state index is 13.1. The van der Waals surface area contributed by atoms with Crippen LogP contribution < -0.4 is 0 Å². The molecule has 0 radical (unpaired) electrons. The van der Waals surface area contributed by atoms with Crippen LogP contribution in [-0.2, 0) is 14.3 Å². The maximum absolute atomic E-state index is 13.1. The molecule has 1 aliphatic carbocycles. The molecule has 33 heavy (non-hydrogen) atoms. The van der Waals surface area contributed by atoms with Crippen molar-refractivity contribution in [2.45, 2.75) is 37.6 Å². The van der Waals surface area contributed by atoms with Gasteiger partial charge in [-0.3, -0.25) is 14.5 Å². The topological polar surface area (TPSA) is 87.2 Å². The minimum Gasteiger partial charge on any atom is -0.481 e. The first-order valence-electron chi connectivity index (χ1n) is 11.7. The molecular weight excluding hydrogens is 420 g/mol. The number of fused-ring (bicyclic) bond motifs is 3. The normalized spacial score (nSPS) is 20.4. The van der Waals surface area contributed by atoms with Crippen molar-refractivity contribution < 1.29 is 24.2 Å². The lowest BCUT2D eigenvalue weighted by atomic mass is 9.96. The number of benzene rings is 2. The SMILES string of the molecule is O=C(O)C1CCN(C(=O)C2CCCN2C(=O)OCC2c3ccccc3-c3ccccc32)CC1. The number of rotatable bonds is 4. The zero-order chi connectivity index (χ0) is 22.9. The maximum Gasteiger partial charge on any atom is 0.410 e. The summed E-state index contributed by atoms with van der Waals surface area (Å²) in [7, 11) is 0. The van der Waals surface area contributed by atoms with Gasteiger partial charge in [0.25, 0.3) is 0 Å². The Morgan fingerprint density at radius 1 is 0.879 bits per heavy atom. The number of carboxylic acids is 1. The van der Waals surface area contributed by atoms with Crippen molar-refractivity contribution in [1.29, 1.82) is 0 Å². The van der Waals surface area contributed by atoms with Gasteiger partial charge in [-0.1, -0.05) is 48.5 Å². The number of ether oxygens (including phenoxy) is 1. The molecule has 0 aromatic heterocycles. The molecule has 2 aromatic rings. The summed E-state index contributed by atoms with van der Waals surface area (Å²) in [6.45, 7) is 1.57. The fraction of sp³-hybridized carbons (Fsp3) is 0.423. The van der Waals surface area contributed by atoms with Crippen LogP contribution in [0.4, 0.5) is 4.79 Å². The van der Waals surface area contributed by atoms with Crippen LogP contribution in [0, 0.1) is 5.92 Å². The van der Waals surface area contributed by atoms with Crippen molar-refractivity contribution >= 4 is 18.0 Å². The number of carbonyl (C=O) groups excluding carboxylic acids is 2. The molecule has 3 aliphatic rings. The lowest BCUT2D eigenvalue weighted by Gasteiger charge is -2.34. The molecule has 1 atom stereocenters. The molecule has 7 heteroatoms. The molecule has 7 nitrogen and oxygen atoms in total. The molecule has 1 N–H and O–H groups in total. The van der Waals surface area contributed by atoms with Crippen LogP contribution in [0.5, 0.6) is 0 Å². The summed E-state index contributed by atoms with van der Waals surface area (Å²) < 4.78 is 5.78. The average Bonchev–Trinajstić information content (AvgIpc) is 3.46. The zero-order valence-corrected chi connectivity index (χ0v) is 18.5. The summed E-state index contributed by atoms with van der Waals surface area (Å²) in [6.07, 6.45) is 1.83. The monoisotopic (exact) mass is 448 g/mol. The van der Waals surface area contributed by atoms with Crippen molar-refractivity contribution in [2.24, 2.45) is 5.92 Å². The molecule has 5 rings (SSSR count). The van der Waals surface area contributed by atoms with E-state index in [1.54, 1.807) is 9.80 Å². The van der Waals surface area contributed by atoms with E-state index in [0.29, 0.717) is 38.9 Å². The third-order valence-electron chi connectivity index (χ3n) is 7.26. The standard InChI is InChI=1S/C26H28N2O5/c29-24(27-14-11-17(12-15-27)25(30)31)23-10-5-13-28(23)26(32)33-16-22-20-8-3-1-6-18(20)19-7-2-4-9-21(19)22/h1-4,6-9,17,22-23H,5,10-16H2,(H,30,31). The molecule has 0 bridgehead atoms. The number of carboxylic acid groups (broad SMARTS) is 1.